The number of nitrogens with one attached hydrogen (secondary N) is 1. The molecule has 2 amide bonds. The average Bonchev–Trinajstić information content (AvgIpc) is 2.38. The van der Waals surface area contributed by atoms with Crippen LogP contribution in [0.5, 0.6) is 0 Å². The minimum absolute atomic E-state index is 0.000822. The first-order valence-corrected chi connectivity index (χ1v) is 7.08. The maximum Gasteiger partial charge on any atom is 0.225 e. The number of rotatable bonds is 4. The Morgan fingerprint density at radius 3 is 2.47 bits per heavy atom. The molecule has 1 aliphatic rings. The van der Waals surface area contributed by atoms with E-state index in [1.54, 1.807) is 19.0 Å². The van der Waals surface area contributed by atoms with Crippen molar-refractivity contribution in [3.63, 3.8) is 0 Å². The Kier molecular flexibility index (Phi) is 5.79. The molecule has 1 aliphatic carbocycles. The largest absolute Gasteiger partial charge is 0.359 e. The van der Waals surface area contributed by atoms with Crippen LogP contribution in [-0.2, 0) is 9.59 Å². The van der Waals surface area contributed by atoms with Gasteiger partial charge in [0.15, 0.2) is 0 Å². The molecule has 0 spiro atoms. The van der Waals surface area contributed by atoms with E-state index >= 15 is 0 Å². The van der Waals surface area contributed by atoms with Gasteiger partial charge in [-0.25, -0.2) is 0 Å². The van der Waals surface area contributed by atoms with E-state index in [2.05, 4.69) is 19.2 Å². The minimum atomic E-state index is -0.0401. The Morgan fingerprint density at radius 1 is 1.26 bits per heavy atom. The number of amides is 2. The first kappa shape index (κ1) is 16.0. The predicted molar refractivity (Wildman–Crippen MR) is 75.3 cm³/mol. The van der Waals surface area contributed by atoms with Gasteiger partial charge in [0.05, 0.1) is 0 Å². The van der Waals surface area contributed by atoms with Gasteiger partial charge in [-0.2, -0.15) is 0 Å². The summed E-state index contributed by atoms with van der Waals surface area (Å²) < 4.78 is 0. The second-order valence-electron chi connectivity index (χ2n) is 5.88. The zero-order valence-corrected chi connectivity index (χ0v) is 12.5. The molecular weight excluding hydrogens is 242 g/mol. The van der Waals surface area contributed by atoms with Crippen molar-refractivity contribution in [1.82, 2.24) is 10.2 Å². The molecule has 110 valence electrons. The lowest BCUT2D eigenvalue weighted by Gasteiger charge is -2.37. The molecule has 0 saturated heterocycles. The fraction of sp³-hybridized carbons (Fsp3) is 0.857. The Hall–Kier alpha value is -1.10. The van der Waals surface area contributed by atoms with Crippen LogP contribution in [0, 0.1) is 17.8 Å². The molecule has 0 aromatic carbocycles. The van der Waals surface area contributed by atoms with Crippen LogP contribution < -0.4 is 11.1 Å². The quantitative estimate of drug-likeness (QED) is 0.784. The van der Waals surface area contributed by atoms with Gasteiger partial charge in [-0.1, -0.05) is 13.8 Å². The molecule has 1 rings (SSSR count). The zero-order valence-electron chi connectivity index (χ0n) is 12.5. The number of nitrogens with two attached hydrogens (primary N) is 1. The van der Waals surface area contributed by atoms with Gasteiger partial charge < -0.3 is 16.0 Å². The molecule has 0 heterocycles. The summed E-state index contributed by atoms with van der Waals surface area (Å²) in [4.78, 5) is 25.3. The lowest BCUT2D eigenvalue weighted by Crippen LogP contribution is -2.46. The monoisotopic (exact) mass is 269 g/mol. The molecule has 3 N–H and O–H groups in total. The van der Waals surface area contributed by atoms with E-state index in [0.29, 0.717) is 24.8 Å². The summed E-state index contributed by atoms with van der Waals surface area (Å²) in [5.74, 6) is 0.932. The van der Waals surface area contributed by atoms with Crippen molar-refractivity contribution in [2.75, 3.05) is 20.6 Å². The van der Waals surface area contributed by atoms with Gasteiger partial charge in [-0.15, -0.1) is 0 Å². The molecular formula is C14H27N3O2. The van der Waals surface area contributed by atoms with Crippen molar-refractivity contribution < 1.29 is 9.59 Å². The molecule has 5 nitrogen and oxygen atoms in total. The standard InChI is InChI=1S/C14H27N3O2/c1-9-7-10(2)12(15)8-11(9)14(19)17(4)6-5-13(18)16-3/h9-12H,5-8,15H2,1-4H3,(H,16,18). The van der Waals surface area contributed by atoms with Crippen molar-refractivity contribution in [2.45, 2.75) is 39.2 Å². The second kappa shape index (κ2) is 6.89. The molecule has 0 radical (unpaired) electrons. The Morgan fingerprint density at radius 2 is 1.89 bits per heavy atom. The topological polar surface area (TPSA) is 75.4 Å². The smallest absolute Gasteiger partial charge is 0.225 e. The van der Waals surface area contributed by atoms with Crippen LogP contribution in [0.25, 0.3) is 0 Å². The highest BCUT2D eigenvalue weighted by Gasteiger charge is 2.36. The van der Waals surface area contributed by atoms with E-state index in [1.165, 1.54) is 0 Å². The van der Waals surface area contributed by atoms with E-state index < -0.39 is 0 Å². The molecule has 0 aliphatic heterocycles. The Bertz CT molecular complexity index is 333. The number of carbonyl (C=O) groups excluding carboxylic acids is 2. The molecule has 0 aromatic rings. The third kappa shape index (κ3) is 4.20. The lowest BCUT2D eigenvalue weighted by atomic mass is 9.72. The average molecular weight is 269 g/mol. The molecule has 5 heteroatoms. The highest BCUT2D eigenvalue weighted by molar-refractivity contribution is 5.80. The van der Waals surface area contributed by atoms with Crippen LogP contribution in [0.4, 0.5) is 0 Å². The second-order valence-corrected chi connectivity index (χ2v) is 5.88. The van der Waals surface area contributed by atoms with Crippen LogP contribution in [-0.4, -0.2) is 43.4 Å². The van der Waals surface area contributed by atoms with Crippen LogP contribution >= 0.6 is 0 Å². The number of hydrogen-bond acceptors (Lipinski definition) is 3. The van der Waals surface area contributed by atoms with E-state index in [9.17, 15) is 9.59 Å². The fourth-order valence-corrected chi connectivity index (χ4v) is 2.82. The first-order chi connectivity index (χ1) is 8.86. The summed E-state index contributed by atoms with van der Waals surface area (Å²) in [5, 5.41) is 2.56. The van der Waals surface area contributed by atoms with Crippen molar-refractivity contribution in [3.8, 4) is 0 Å². The van der Waals surface area contributed by atoms with Crippen molar-refractivity contribution in [2.24, 2.45) is 23.5 Å². The maximum atomic E-state index is 12.4. The molecule has 0 bridgehead atoms. The molecule has 1 fully saturated rings. The molecule has 19 heavy (non-hydrogen) atoms. The third-order valence-electron chi connectivity index (χ3n) is 4.33. The van der Waals surface area contributed by atoms with Crippen LogP contribution in [0.15, 0.2) is 0 Å². The Labute approximate surface area is 115 Å². The summed E-state index contributed by atoms with van der Waals surface area (Å²) in [7, 11) is 3.37. The van der Waals surface area contributed by atoms with Crippen LogP contribution in [0.1, 0.15) is 33.1 Å². The van der Waals surface area contributed by atoms with E-state index in [0.717, 1.165) is 12.8 Å². The SMILES string of the molecule is CNC(=O)CCN(C)C(=O)C1CC(N)C(C)CC1C. The minimum Gasteiger partial charge on any atom is -0.359 e. The first-order valence-electron chi connectivity index (χ1n) is 7.08. The highest BCUT2D eigenvalue weighted by atomic mass is 16.2. The lowest BCUT2D eigenvalue weighted by molar-refractivity contribution is -0.138. The summed E-state index contributed by atoms with van der Waals surface area (Å²) in [5.41, 5.74) is 6.08. The Balaban J connectivity index is 2.53. The molecule has 1 saturated carbocycles. The highest BCUT2D eigenvalue weighted by Crippen LogP contribution is 2.33. The number of nitrogens with zero attached hydrogens (tertiary/aromatic N) is 1. The normalized spacial score (nSPS) is 30.8. The van der Waals surface area contributed by atoms with Gasteiger partial charge in [0.2, 0.25) is 11.8 Å². The predicted octanol–water partition coefficient (Wildman–Crippen LogP) is 0.590. The fourth-order valence-electron chi connectivity index (χ4n) is 2.82. The van der Waals surface area contributed by atoms with E-state index in [-0.39, 0.29) is 23.8 Å². The van der Waals surface area contributed by atoms with Gasteiger partial charge in [-0.05, 0) is 24.7 Å². The van der Waals surface area contributed by atoms with Gasteiger partial charge in [0, 0.05) is 39.0 Å². The zero-order chi connectivity index (χ0) is 14.6. The number of carbonyl (C=O) groups is 2. The summed E-state index contributed by atoms with van der Waals surface area (Å²) in [6, 6.07) is 0.109. The van der Waals surface area contributed by atoms with Gasteiger partial charge in [0.25, 0.3) is 0 Å². The van der Waals surface area contributed by atoms with E-state index in [1.807, 2.05) is 0 Å². The van der Waals surface area contributed by atoms with Gasteiger partial charge >= 0.3 is 0 Å². The van der Waals surface area contributed by atoms with Crippen molar-refractivity contribution in [1.29, 1.82) is 0 Å². The van der Waals surface area contributed by atoms with Crippen LogP contribution in [0.3, 0.4) is 0 Å². The van der Waals surface area contributed by atoms with Crippen molar-refractivity contribution in [3.05, 3.63) is 0 Å². The van der Waals surface area contributed by atoms with Gasteiger partial charge in [0.1, 0.15) is 0 Å². The van der Waals surface area contributed by atoms with Crippen LogP contribution in [0.2, 0.25) is 0 Å². The summed E-state index contributed by atoms with van der Waals surface area (Å²) in [6.07, 6.45) is 2.11. The molecule has 4 atom stereocenters. The van der Waals surface area contributed by atoms with Gasteiger partial charge in [-0.3, -0.25) is 9.59 Å². The summed E-state index contributed by atoms with van der Waals surface area (Å²) >= 11 is 0. The number of hydrogen-bond donors (Lipinski definition) is 2. The molecule has 4 unspecified atom stereocenters. The summed E-state index contributed by atoms with van der Waals surface area (Å²) in [6.45, 7) is 4.74. The third-order valence-corrected chi connectivity index (χ3v) is 4.33. The maximum absolute atomic E-state index is 12.4. The molecule has 0 aromatic heterocycles. The van der Waals surface area contributed by atoms with Crippen molar-refractivity contribution >= 4 is 11.8 Å². The van der Waals surface area contributed by atoms with E-state index in [4.69, 9.17) is 5.73 Å².